The summed E-state index contributed by atoms with van der Waals surface area (Å²) < 4.78 is 5.32. The topological polar surface area (TPSA) is 58.2 Å². The molecule has 1 aromatic heterocycles. The third kappa shape index (κ3) is 2.14. The van der Waals surface area contributed by atoms with Crippen molar-refractivity contribution in [3.63, 3.8) is 0 Å². The van der Waals surface area contributed by atoms with Crippen molar-refractivity contribution in [1.82, 2.24) is 15.1 Å². The van der Waals surface area contributed by atoms with E-state index in [4.69, 9.17) is 4.74 Å². The van der Waals surface area contributed by atoms with Crippen LogP contribution >= 0.6 is 0 Å². The van der Waals surface area contributed by atoms with Gasteiger partial charge in [-0.25, -0.2) is 5.10 Å². The Morgan fingerprint density at radius 1 is 1.22 bits per heavy atom. The van der Waals surface area contributed by atoms with Crippen LogP contribution in [0.15, 0.2) is 29.1 Å². The molecular weight excluding hydrogens is 230 g/mol. The minimum absolute atomic E-state index is 0.128. The molecule has 0 atom stereocenters. The molecule has 94 valence electrons. The van der Waals surface area contributed by atoms with Crippen molar-refractivity contribution in [2.45, 2.75) is 6.54 Å². The predicted molar refractivity (Wildman–Crippen MR) is 68.5 cm³/mol. The monoisotopic (exact) mass is 245 g/mol. The molecule has 1 N–H and O–H groups in total. The van der Waals surface area contributed by atoms with E-state index in [1.807, 2.05) is 24.3 Å². The molecule has 1 aliphatic heterocycles. The normalized spacial score (nSPS) is 17.1. The number of nitrogens with one attached hydrogen (secondary N) is 1. The molecule has 0 amide bonds. The average molecular weight is 245 g/mol. The van der Waals surface area contributed by atoms with Gasteiger partial charge in [-0.1, -0.05) is 18.2 Å². The Bertz CT molecular complexity index is 602. The summed E-state index contributed by atoms with van der Waals surface area (Å²) in [6.45, 7) is 4.10. The number of fused-ring (bicyclic) bond motifs is 1. The van der Waals surface area contributed by atoms with Crippen molar-refractivity contribution in [2.75, 3.05) is 26.3 Å². The summed E-state index contributed by atoms with van der Waals surface area (Å²) >= 11 is 0. The second kappa shape index (κ2) is 4.88. The average Bonchev–Trinajstić information content (AvgIpc) is 2.44. The fraction of sp³-hybridized carbons (Fsp3) is 0.385. The van der Waals surface area contributed by atoms with Crippen LogP contribution in [0.25, 0.3) is 10.8 Å². The second-order valence-corrected chi connectivity index (χ2v) is 4.43. The number of aromatic amines is 1. The number of H-pyrrole nitrogens is 1. The number of aromatic nitrogens is 2. The van der Waals surface area contributed by atoms with Crippen LogP contribution in [0.4, 0.5) is 0 Å². The summed E-state index contributed by atoms with van der Waals surface area (Å²) in [5, 5.41) is 8.39. The van der Waals surface area contributed by atoms with Crippen LogP contribution in [0.3, 0.4) is 0 Å². The number of nitrogens with zero attached hydrogens (tertiary/aromatic N) is 2. The summed E-state index contributed by atoms with van der Waals surface area (Å²) in [7, 11) is 0. The maximum absolute atomic E-state index is 11.7. The summed E-state index contributed by atoms with van der Waals surface area (Å²) in [6, 6.07) is 7.59. The van der Waals surface area contributed by atoms with E-state index in [0.29, 0.717) is 5.39 Å². The maximum Gasteiger partial charge on any atom is 0.272 e. The first-order valence-electron chi connectivity index (χ1n) is 6.11. The fourth-order valence-corrected chi connectivity index (χ4v) is 2.26. The zero-order chi connectivity index (χ0) is 12.4. The highest BCUT2D eigenvalue weighted by Crippen LogP contribution is 2.14. The lowest BCUT2D eigenvalue weighted by atomic mass is 10.1. The Balaban J connectivity index is 1.96. The minimum Gasteiger partial charge on any atom is -0.379 e. The number of ether oxygens (including phenoxy) is 1. The largest absolute Gasteiger partial charge is 0.379 e. The number of morpholine rings is 1. The molecule has 2 heterocycles. The lowest BCUT2D eigenvalue weighted by molar-refractivity contribution is 0.0337. The number of benzene rings is 1. The van der Waals surface area contributed by atoms with Crippen molar-refractivity contribution in [3.05, 3.63) is 40.3 Å². The third-order valence-corrected chi connectivity index (χ3v) is 3.25. The standard InChI is InChI=1S/C13H15N3O2/c17-13-11-4-2-1-3-10(11)12(14-15-13)9-16-5-7-18-8-6-16/h1-4H,5-9H2,(H,15,17). The van der Waals surface area contributed by atoms with Gasteiger partial charge in [0.05, 0.1) is 24.3 Å². The highest BCUT2D eigenvalue weighted by Gasteiger charge is 2.13. The van der Waals surface area contributed by atoms with Crippen molar-refractivity contribution >= 4 is 10.8 Å². The van der Waals surface area contributed by atoms with Crippen LogP contribution in [0, 0.1) is 0 Å². The van der Waals surface area contributed by atoms with E-state index in [2.05, 4.69) is 15.1 Å². The van der Waals surface area contributed by atoms with Crippen molar-refractivity contribution < 1.29 is 4.74 Å². The van der Waals surface area contributed by atoms with E-state index in [1.165, 1.54) is 0 Å². The van der Waals surface area contributed by atoms with Crippen molar-refractivity contribution in [3.8, 4) is 0 Å². The van der Waals surface area contributed by atoms with Crippen molar-refractivity contribution in [2.24, 2.45) is 0 Å². The van der Waals surface area contributed by atoms with Gasteiger partial charge in [-0.3, -0.25) is 9.69 Å². The molecule has 1 aliphatic rings. The van der Waals surface area contributed by atoms with Gasteiger partial charge in [0.25, 0.3) is 5.56 Å². The van der Waals surface area contributed by atoms with Crippen LogP contribution in [0.1, 0.15) is 5.69 Å². The highest BCUT2D eigenvalue weighted by atomic mass is 16.5. The zero-order valence-electron chi connectivity index (χ0n) is 10.1. The molecule has 0 bridgehead atoms. The first-order valence-corrected chi connectivity index (χ1v) is 6.11. The van der Waals surface area contributed by atoms with Gasteiger partial charge in [-0.2, -0.15) is 5.10 Å². The second-order valence-electron chi connectivity index (χ2n) is 4.43. The molecule has 0 saturated carbocycles. The molecule has 3 rings (SSSR count). The maximum atomic E-state index is 11.7. The van der Waals surface area contributed by atoms with Crippen molar-refractivity contribution in [1.29, 1.82) is 0 Å². The Kier molecular flexibility index (Phi) is 3.08. The van der Waals surface area contributed by atoms with Gasteiger partial charge in [0.1, 0.15) is 0 Å². The molecule has 18 heavy (non-hydrogen) atoms. The van der Waals surface area contributed by atoms with Crippen LogP contribution in [-0.4, -0.2) is 41.4 Å². The first kappa shape index (κ1) is 11.4. The molecule has 5 heteroatoms. The fourth-order valence-electron chi connectivity index (χ4n) is 2.26. The lowest BCUT2D eigenvalue weighted by Gasteiger charge is -2.26. The number of hydrogen-bond acceptors (Lipinski definition) is 4. The SMILES string of the molecule is O=c1[nH]nc(CN2CCOCC2)c2ccccc12. The van der Waals surface area contributed by atoms with E-state index < -0.39 is 0 Å². The highest BCUT2D eigenvalue weighted by molar-refractivity contribution is 5.83. The minimum atomic E-state index is -0.128. The van der Waals surface area contributed by atoms with Gasteiger partial charge >= 0.3 is 0 Å². The zero-order valence-corrected chi connectivity index (χ0v) is 10.1. The van der Waals surface area contributed by atoms with Gasteiger partial charge in [-0.15, -0.1) is 0 Å². The molecule has 5 nitrogen and oxygen atoms in total. The van der Waals surface area contributed by atoms with E-state index in [-0.39, 0.29) is 5.56 Å². The predicted octanol–water partition coefficient (Wildman–Crippen LogP) is 0.755. The molecule has 1 fully saturated rings. The molecular formula is C13H15N3O2. The third-order valence-electron chi connectivity index (χ3n) is 3.25. The smallest absolute Gasteiger partial charge is 0.272 e. The van der Waals surface area contributed by atoms with Gasteiger partial charge in [0, 0.05) is 25.0 Å². The van der Waals surface area contributed by atoms with E-state index in [9.17, 15) is 4.79 Å². The molecule has 0 radical (unpaired) electrons. The van der Waals surface area contributed by atoms with E-state index in [0.717, 1.165) is 43.9 Å². The van der Waals surface area contributed by atoms with Gasteiger partial charge in [0.15, 0.2) is 0 Å². The first-order chi connectivity index (χ1) is 8.84. The molecule has 0 aliphatic carbocycles. The van der Waals surface area contributed by atoms with Crippen LogP contribution in [0.5, 0.6) is 0 Å². The Hall–Kier alpha value is -1.72. The van der Waals surface area contributed by atoms with E-state index >= 15 is 0 Å². The number of rotatable bonds is 2. The molecule has 1 saturated heterocycles. The van der Waals surface area contributed by atoms with Gasteiger partial charge in [0.2, 0.25) is 0 Å². The van der Waals surface area contributed by atoms with Crippen LogP contribution in [-0.2, 0) is 11.3 Å². The summed E-state index contributed by atoms with van der Waals surface area (Å²) in [4.78, 5) is 14.0. The van der Waals surface area contributed by atoms with Crippen LogP contribution < -0.4 is 5.56 Å². The Labute approximate surface area is 104 Å². The summed E-state index contributed by atoms with van der Waals surface area (Å²) in [6.07, 6.45) is 0. The molecule has 0 unspecified atom stereocenters. The quantitative estimate of drug-likeness (QED) is 0.848. The molecule has 0 spiro atoms. The van der Waals surface area contributed by atoms with Gasteiger partial charge in [-0.05, 0) is 6.07 Å². The lowest BCUT2D eigenvalue weighted by Crippen LogP contribution is -2.36. The summed E-state index contributed by atoms with van der Waals surface area (Å²) in [5.74, 6) is 0. The Morgan fingerprint density at radius 3 is 2.72 bits per heavy atom. The summed E-state index contributed by atoms with van der Waals surface area (Å²) in [5.41, 5.74) is 0.795. The number of hydrogen-bond donors (Lipinski definition) is 1. The molecule has 2 aromatic rings. The van der Waals surface area contributed by atoms with Gasteiger partial charge < -0.3 is 4.74 Å². The van der Waals surface area contributed by atoms with E-state index in [1.54, 1.807) is 0 Å². The molecule has 1 aromatic carbocycles. The Morgan fingerprint density at radius 2 is 1.94 bits per heavy atom. The van der Waals surface area contributed by atoms with Crippen LogP contribution in [0.2, 0.25) is 0 Å².